The molecule has 2 aromatic rings. The van der Waals surface area contributed by atoms with Gasteiger partial charge in [0.05, 0.1) is 4.90 Å². The topological polar surface area (TPSA) is 46.5 Å². The number of halogens is 1. The average molecular weight is 294 g/mol. The minimum absolute atomic E-state index is 0.216. The Labute approximate surface area is 117 Å². The third-order valence-corrected chi connectivity index (χ3v) is 4.19. The van der Waals surface area contributed by atoms with Gasteiger partial charge in [-0.05, 0) is 36.2 Å². The van der Waals surface area contributed by atoms with E-state index in [1.165, 1.54) is 6.21 Å². The molecule has 0 unspecified atom stereocenters. The molecule has 19 heavy (non-hydrogen) atoms. The third-order valence-electron chi connectivity index (χ3n) is 2.56. The summed E-state index contributed by atoms with van der Waals surface area (Å²) in [6, 6.07) is 13.6. The zero-order chi connectivity index (χ0) is 13.9. The minimum atomic E-state index is -3.68. The van der Waals surface area contributed by atoms with Crippen molar-refractivity contribution >= 4 is 27.8 Å². The maximum absolute atomic E-state index is 12.1. The summed E-state index contributed by atoms with van der Waals surface area (Å²) in [5, 5.41) is 0.539. The van der Waals surface area contributed by atoms with E-state index in [0.717, 1.165) is 0 Å². The van der Waals surface area contributed by atoms with E-state index in [1.54, 1.807) is 55.5 Å². The Morgan fingerprint density at radius 3 is 2.53 bits per heavy atom. The van der Waals surface area contributed by atoms with Gasteiger partial charge in [-0.2, -0.15) is 12.8 Å². The van der Waals surface area contributed by atoms with E-state index >= 15 is 0 Å². The maximum Gasteiger partial charge on any atom is 0.282 e. The average Bonchev–Trinajstić information content (AvgIpc) is 2.37. The number of sulfonamides is 1. The number of hydrogen-bond acceptors (Lipinski definition) is 2. The Balaban J connectivity index is 2.35. The summed E-state index contributed by atoms with van der Waals surface area (Å²) in [5.74, 6) is 0. The summed E-state index contributed by atoms with van der Waals surface area (Å²) in [6.45, 7) is 1.74. The Hall–Kier alpha value is -1.65. The van der Waals surface area contributed by atoms with Gasteiger partial charge in [-0.25, -0.2) is 0 Å². The zero-order valence-corrected chi connectivity index (χ0v) is 11.8. The molecule has 0 aliphatic heterocycles. The first-order valence-corrected chi connectivity index (χ1v) is 7.42. The van der Waals surface area contributed by atoms with E-state index in [-0.39, 0.29) is 4.90 Å². The second kappa shape index (κ2) is 5.55. The number of rotatable bonds is 3. The van der Waals surface area contributed by atoms with E-state index in [0.29, 0.717) is 16.1 Å². The SMILES string of the molecule is Cc1ccccc1S(=O)(=O)/N=C/c1cccc(Cl)c1. The van der Waals surface area contributed by atoms with E-state index in [4.69, 9.17) is 11.6 Å². The summed E-state index contributed by atoms with van der Waals surface area (Å²) >= 11 is 5.83. The Kier molecular flexibility index (Phi) is 4.02. The lowest BCUT2D eigenvalue weighted by molar-refractivity contribution is 0.597. The summed E-state index contributed by atoms with van der Waals surface area (Å²) in [5.41, 5.74) is 1.32. The molecular weight excluding hydrogens is 282 g/mol. The molecule has 0 saturated heterocycles. The van der Waals surface area contributed by atoms with Crippen molar-refractivity contribution in [1.82, 2.24) is 0 Å². The van der Waals surface area contributed by atoms with Crippen LogP contribution in [-0.2, 0) is 10.0 Å². The molecule has 0 atom stereocenters. The van der Waals surface area contributed by atoms with E-state index in [9.17, 15) is 8.42 Å². The van der Waals surface area contributed by atoms with Crippen molar-refractivity contribution in [1.29, 1.82) is 0 Å². The van der Waals surface area contributed by atoms with Crippen molar-refractivity contribution in [3.05, 3.63) is 64.7 Å². The molecular formula is C14H12ClNO2S. The lowest BCUT2D eigenvalue weighted by atomic mass is 10.2. The molecule has 2 aromatic carbocycles. The van der Waals surface area contributed by atoms with Crippen LogP contribution in [0.2, 0.25) is 5.02 Å². The van der Waals surface area contributed by atoms with Crippen molar-refractivity contribution in [3.63, 3.8) is 0 Å². The quantitative estimate of drug-likeness (QED) is 0.814. The molecule has 0 aliphatic rings. The summed E-state index contributed by atoms with van der Waals surface area (Å²) in [6.07, 6.45) is 1.30. The van der Waals surface area contributed by atoms with Gasteiger partial charge >= 0.3 is 0 Å². The molecule has 5 heteroatoms. The van der Waals surface area contributed by atoms with Crippen LogP contribution in [0.5, 0.6) is 0 Å². The molecule has 0 aromatic heterocycles. The highest BCUT2D eigenvalue weighted by Gasteiger charge is 2.13. The van der Waals surface area contributed by atoms with Crippen LogP contribution >= 0.6 is 11.6 Å². The Morgan fingerprint density at radius 2 is 1.84 bits per heavy atom. The van der Waals surface area contributed by atoms with Gasteiger partial charge in [0.25, 0.3) is 10.0 Å². The monoisotopic (exact) mass is 293 g/mol. The van der Waals surface area contributed by atoms with Gasteiger partial charge in [0.2, 0.25) is 0 Å². The van der Waals surface area contributed by atoms with Crippen LogP contribution in [0, 0.1) is 6.92 Å². The van der Waals surface area contributed by atoms with Crippen LogP contribution < -0.4 is 0 Å². The summed E-state index contributed by atoms with van der Waals surface area (Å²) < 4.78 is 27.8. The van der Waals surface area contributed by atoms with Crippen molar-refractivity contribution in [2.75, 3.05) is 0 Å². The lowest BCUT2D eigenvalue weighted by Crippen LogP contribution is -2.00. The second-order valence-corrected chi connectivity index (χ2v) is 6.07. The fourth-order valence-electron chi connectivity index (χ4n) is 1.62. The highest BCUT2D eigenvalue weighted by molar-refractivity contribution is 7.90. The van der Waals surface area contributed by atoms with E-state index < -0.39 is 10.0 Å². The van der Waals surface area contributed by atoms with Gasteiger partial charge in [-0.3, -0.25) is 0 Å². The highest BCUT2D eigenvalue weighted by atomic mass is 35.5. The minimum Gasteiger partial charge on any atom is -0.199 e. The molecule has 0 amide bonds. The van der Waals surface area contributed by atoms with Crippen molar-refractivity contribution in [2.45, 2.75) is 11.8 Å². The summed E-state index contributed by atoms with van der Waals surface area (Å²) in [7, 11) is -3.68. The number of hydrogen-bond donors (Lipinski definition) is 0. The van der Waals surface area contributed by atoms with Crippen LogP contribution in [0.1, 0.15) is 11.1 Å². The van der Waals surface area contributed by atoms with Crippen LogP contribution in [0.4, 0.5) is 0 Å². The smallest absolute Gasteiger partial charge is 0.199 e. The standard InChI is InChI=1S/C14H12ClNO2S/c1-11-5-2-3-8-14(11)19(17,18)16-10-12-6-4-7-13(15)9-12/h2-10H,1H3/b16-10+. The molecule has 98 valence electrons. The highest BCUT2D eigenvalue weighted by Crippen LogP contribution is 2.17. The van der Waals surface area contributed by atoms with Gasteiger partial charge < -0.3 is 0 Å². The molecule has 0 N–H and O–H groups in total. The van der Waals surface area contributed by atoms with Crippen LogP contribution in [0.3, 0.4) is 0 Å². The Bertz CT molecular complexity index is 724. The predicted molar refractivity (Wildman–Crippen MR) is 77.4 cm³/mol. The van der Waals surface area contributed by atoms with Crippen LogP contribution in [-0.4, -0.2) is 14.6 Å². The fraction of sp³-hybridized carbons (Fsp3) is 0.0714. The lowest BCUT2D eigenvalue weighted by Gasteiger charge is -2.02. The van der Waals surface area contributed by atoms with Crippen LogP contribution in [0.25, 0.3) is 0 Å². The number of benzene rings is 2. The molecule has 2 rings (SSSR count). The van der Waals surface area contributed by atoms with Gasteiger partial charge in [0, 0.05) is 11.2 Å². The molecule has 0 saturated carbocycles. The first-order chi connectivity index (χ1) is 8.99. The number of aryl methyl sites for hydroxylation is 1. The third kappa shape index (κ3) is 3.43. The first kappa shape index (κ1) is 13.8. The Morgan fingerprint density at radius 1 is 1.11 bits per heavy atom. The molecule has 0 bridgehead atoms. The molecule has 0 spiro atoms. The predicted octanol–water partition coefficient (Wildman–Crippen LogP) is 3.46. The van der Waals surface area contributed by atoms with Crippen molar-refractivity contribution in [2.24, 2.45) is 4.40 Å². The fourth-order valence-corrected chi connectivity index (χ4v) is 2.92. The van der Waals surface area contributed by atoms with Gasteiger partial charge in [-0.15, -0.1) is 0 Å². The molecule has 3 nitrogen and oxygen atoms in total. The number of nitrogens with zero attached hydrogens (tertiary/aromatic N) is 1. The van der Waals surface area contributed by atoms with E-state index in [1.807, 2.05) is 0 Å². The maximum atomic E-state index is 12.1. The normalized spacial score (nSPS) is 11.9. The van der Waals surface area contributed by atoms with Crippen molar-refractivity contribution < 1.29 is 8.42 Å². The summed E-state index contributed by atoms with van der Waals surface area (Å²) in [4.78, 5) is 0.216. The van der Waals surface area contributed by atoms with Crippen molar-refractivity contribution in [3.8, 4) is 0 Å². The van der Waals surface area contributed by atoms with Gasteiger partial charge in [-0.1, -0.05) is 41.9 Å². The zero-order valence-electron chi connectivity index (χ0n) is 10.2. The molecule has 0 heterocycles. The molecule has 0 radical (unpaired) electrons. The molecule has 0 fully saturated rings. The largest absolute Gasteiger partial charge is 0.282 e. The molecule has 0 aliphatic carbocycles. The van der Waals surface area contributed by atoms with Gasteiger partial charge in [0.15, 0.2) is 0 Å². The van der Waals surface area contributed by atoms with Crippen LogP contribution in [0.15, 0.2) is 57.8 Å². The second-order valence-electron chi connectivity index (χ2n) is 4.03. The van der Waals surface area contributed by atoms with E-state index in [2.05, 4.69) is 4.40 Å². The first-order valence-electron chi connectivity index (χ1n) is 5.60. The van der Waals surface area contributed by atoms with Gasteiger partial charge in [0.1, 0.15) is 0 Å².